The molecule has 0 aliphatic carbocycles. The van der Waals surface area contributed by atoms with Gasteiger partial charge in [0.2, 0.25) is 0 Å². The van der Waals surface area contributed by atoms with Crippen molar-refractivity contribution in [3.8, 4) is 0 Å². The predicted octanol–water partition coefficient (Wildman–Crippen LogP) is 2.34. The van der Waals surface area contributed by atoms with E-state index in [0.29, 0.717) is 15.8 Å². The lowest BCUT2D eigenvalue weighted by molar-refractivity contribution is 0.900. The summed E-state index contributed by atoms with van der Waals surface area (Å²) >= 11 is 11.6. The third-order valence-corrected chi connectivity index (χ3v) is 2.03. The largest absolute Gasteiger partial charge is 0.234 e. The zero-order valence-electron chi connectivity index (χ0n) is 6.25. The Kier molecular flexibility index (Phi) is 1.70. The Morgan fingerprint density at radius 3 is 2.92 bits per heavy atom. The van der Waals surface area contributed by atoms with Gasteiger partial charge in [-0.1, -0.05) is 23.2 Å². The van der Waals surface area contributed by atoms with Crippen molar-refractivity contribution in [1.29, 1.82) is 0 Å². The summed E-state index contributed by atoms with van der Waals surface area (Å²) in [6.07, 6.45) is 1.70. The fourth-order valence-electron chi connectivity index (χ4n) is 1.01. The van der Waals surface area contributed by atoms with E-state index in [2.05, 4.69) is 10.1 Å². The minimum atomic E-state index is 0.369. The first-order chi connectivity index (χ1) is 5.68. The lowest BCUT2D eigenvalue weighted by Crippen LogP contribution is -1.94. The molecule has 0 aliphatic heterocycles. The summed E-state index contributed by atoms with van der Waals surface area (Å²) < 4.78 is 1.62. The van der Waals surface area contributed by atoms with Crippen molar-refractivity contribution in [2.75, 3.05) is 0 Å². The fraction of sp³-hybridized carbons (Fsp3) is 0.143. The van der Waals surface area contributed by atoms with Crippen molar-refractivity contribution < 1.29 is 0 Å². The van der Waals surface area contributed by atoms with Gasteiger partial charge in [-0.3, -0.25) is 0 Å². The second-order valence-electron chi connectivity index (χ2n) is 2.45. The van der Waals surface area contributed by atoms with E-state index in [0.717, 1.165) is 5.69 Å². The summed E-state index contributed by atoms with van der Waals surface area (Å²) in [6.45, 7) is 1.89. The van der Waals surface area contributed by atoms with E-state index in [-0.39, 0.29) is 0 Å². The topological polar surface area (TPSA) is 30.2 Å². The molecular formula is C7H5Cl2N3. The highest BCUT2D eigenvalue weighted by molar-refractivity contribution is 6.35. The zero-order chi connectivity index (χ0) is 8.72. The molecule has 3 nitrogen and oxygen atoms in total. The number of imidazole rings is 1. The van der Waals surface area contributed by atoms with Gasteiger partial charge in [-0.25, -0.2) is 9.50 Å². The molecule has 0 saturated heterocycles. The summed E-state index contributed by atoms with van der Waals surface area (Å²) in [7, 11) is 0. The van der Waals surface area contributed by atoms with E-state index in [4.69, 9.17) is 23.2 Å². The van der Waals surface area contributed by atoms with Crippen LogP contribution in [-0.2, 0) is 0 Å². The van der Waals surface area contributed by atoms with Crippen LogP contribution >= 0.6 is 23.2 Å². The monoisotopic (exact) mass is 201 g/mol. The molecule has 2 aromatic rings. The quantitative estimate of drug-likeness (QED) is 0.656. The molecule has 0 fully saturated rings. The van der Waals surface area contributed by atoms with Gasteiger partial charge in [-0.2, -0.15) is 5.10 Å². The summed E-state index contributed by atoms with van der Waals surface area (Å²) in [5.41, 5.74) is 1.55. The van der Waals surface area contributed by atoms with Crippen LogP contribution in [0, 0.1) is 6.92 Å². The van der Waals surface area contributed by atoms with E-state index in [1.807, 2.05) is 6.92 Å². The Morgan fingerprint density at radius 1 is 1.42 bits per heavy atom. The van der Waals surface area contributed by atoms with Crippen LogP contribution < -0.4 is 0 Å². The van der Waals surface area contributed by atoms with Gasteiger partial charge in [-0.05, 0) is 13.0 Å². The van der Waals surface area contributed by atoms with Gasteiger partial charge in [0.15, 0.2) is 10.8 Å². The van der Waals surface area contributed by atoms with Gasteiger partial charge in [0.1, 0.15) is 0 Å². The predicted molar refractivity (Wildman–Crippen MR) is 47.7 cm³/mol. The first-order valence-electron chi connectivity index (χ1n) is 3.35. The summed E-state index contributed by atoms with van der Waals surface area (Å²) in [4.78, 5) is 4.07. The molecule has 12 heavy (non-hydrogen) atoms. The Hall–Kier alpha value is -0.800. The maximum atomic E-state index is 5.87. The number of halogens is 2. The number of aryl methyl sites for hydroxylation is 1. The molecule has 0 atom stereocenters. The van der Waals surface area contributed by atoms with Crippen LogP contribution in [-0.4, -0.2) is 14.6 Å². The number of rotatable bonds is 0. The highest BCUT2D eigenvalue weighted by Crippen LogP contribution is 2.19. The number of fused-ring (bicyclic) bond motifs is 1. The van der Waals surface area contributed by atoms with Crippen LogP contribution in [0.1, 0.15) is 5.69 Å². The second kappa shape index (κ2) is 2.61. The van der Waals surface area contributed by atoms with Crippen molar-refractivity contribution in [2.24, 2.45) is 0 Å². The molecule has 0 spiro atoms. The molecule has 5 heteroatoms. The third-order valence-electron chi connectivity index (χ3n) is 1.56. The van der Waals surface area contributed by atoms with E-state index >= 15 is 0 Å². The van der Waals surface area contributed by atoms with Crippen LogP contribution in [0.4, 0.5) is 0 Å². The molecule has 0 saturated carbocycles. The summed E-state index contributed by atoms with van der Waals surface area (Å²) in [5, 5.41) is 4.92. The van der Waals surface area contributed by atoms with Gasteiger partial charge in [-0.15, -0.1) is 0 Å². The lowest BCUT2D eigenvalue weighted by atomic mass is 10.5. The highest BCUT2D eigenvalue weighted by Gasteiger charge is 2.05. The fourth-order valence-corrected chi connectivity index (χ4v) is 1.49. The molecule has 0 N–H and O–H groups in total. The molecule has 0 bridgehead atoms. The van der Waals surface area contributed by atoms with Gasteiger partial charge in [0.25, 0.3) is 0 Å². The molecule has 0 aromatic carbocycles. The Bertz CT molecular complexity index is 435. The molecule has 2 rings (SSSR count). The van der Waals surface area contributed by atoms with Crippen LogP contribution in [0.2, 0.25) is 10.2 Å². The van der Waals surface area contributed by atoms with Crippen molar-refractivity contribution in [3.05, 3.63) is 28.1 Å². The zero-order valence-corrected chi connectivity index (χ0v) is 7.76. The van der Waals surface area contributed by atoms with Gasteiger partial charge < -0.3 is 0 Å². The van der Waals surface area contributed by atoms with Gasteiger partial charge in [0, 0.05) is 0 Å². The number of nitrogens with zero attached hydrogens (tertiary/aromatic N) is 3. The minimum Gasteiger partial charge on any atom is -0.234 e. The third kappa shape index (κ3) is 1.06. The Labute approximate surface area is 78.9 Å². The van der Waals surface area contributed by atoms with Crippen molar-refractivity contribution >= 4 is 28.8 Å². The standard InChI is InChI=1S/C7H5Cl2N3/c1-4-3-10-7-5(8)2-6(9)11-12(4)7/h2-3H,1H3. The van der Waals surface area contributed by atoms with Gasteiger partial charge >= 0.3 is 0 Å². The molecule has 0 amide bonds. The number of hydrogen-bond acceptors (Lipinski definition) is 2. The maximum Gasteiger partial charge on any atom is 0.172 e. The van der Waals surface area contributed by atoms with Crippen LogP contribution in [0.25, 0.3) is 5.65 Å². The van der Waals surface area contributed by atoms with Crippen molar-refractivity contribution in [2.45, 2.75) is 6.92 Å². The molecule has 0 radical (unpaired) electrons. The molecule has 62 valence electrons. The summed E-state index contributed by atoms with van der Waals surface area (Å²) in [5.74, 6) is 0. The Morgan fingerprint density at radius 2 is 2.17 bits per heavy atom. The molecule has 2 aromatic heterocycles. The SMILES string of the molecule is Cc1cnc2c(Cl)cc(Cl)nn12. The van der Waals surface area contributed by atoms with Crippen LogP contribution in [0.5, 0.6) is 0 Å². The average Bonchev–Trinajstić information content (AvgIpc) is 2.33. The summed E-state index contributed by atoms with van der Waals surface area (Å²) in [6, 6.07) is 1.57. The second-order valence-corrected chi connectivity index (χ2v) is 3.24. The molecule has 0 unspecified atom stereocenters. The molecule has 0 aliphatic rings. The van der Waals surface area contributed by atoms with E-state index in [1.165, 1.54) is 0 Å². The van der Waals surface area contributed by atoms with Gasteiger partial charge in [0.05, 0.1) is 16.9 Å². The number of hydrogen-bond donors (Lipinski definition) is 0. The average molecular weight is 202 g/mol. The maximum absolute atomic E-state index is 5.87. The molecular weight excluding hydrogens is 197 g/mol. The molecule has 2 heterocycles. The first kappa shape index (κ1) is 7.83. The first-order valence-corrected chi connectivity index (χ1v) is 4.10. The minimum absolute atomic E-state index is 0.369. The van der Waals surface area contributed by atoms with Crippen molar-refractivity contribution in [1.82, 2.24) is 14.6 Å². The van der Waals surface area contributed by atoms with E-state index in [9.17, 15) is 0 Å². The highest BCUT2D eigenvalue weighted by atomic mass is 35.5. The number of aromatic nitrogens is 3. The van der Waals surface area contributed by atoms with E-state index in [1.54, 1.807) is 16.8 Å². The van der Waals surface area contributed by atoms with Crippen LogP contribution in [0.15, 0.2) is 12.3 Å². The Balaban J connectivity index is 2.92. The smallest absolute Gasteiger partial charge is 0.172 e. The van der Waals surface area contributed by atoms with Crippen molar-refractivity contribution in [3.63, 3.8) is 0 Å². The lowest BCUT2D eigenvalue weighted by Gasteiger charge is -1.97. The van der Waals surface area contributed by atoms with E-state index < -0.39 is 0 Å². The normalized spacial score (nSPS) is 10.9. The van der Waals surface area contributed by atoms with Crippen LogP contribution in [0.3, 0.4) is 0 Å².